The molecule has 0 unspecified atom stereocenters. The number of halogens is 2. The molecule has 0 bridgehead atoms. The standard InChI is InChI=1S/C16H20ClFN4O/c1-3-4-8-19-16(23)20-15-9-11(2)22(21-15)10-12-13(17)6-5-7-14(12)18/h5-7,9H,3-4,8,10H2,1-2H3,(H2,19,20,21,23). The molecule has 5 nitrogen and oxygen atoms in total. The minimum atomic E-state index is -0.376. The molecule has 2 N–H and O–H groups in total. The molecule has 2 aromatic rings. The lowest BCUT2D eigenvalue weighted by Crippen LogP contribution is -2.29. The van der Waals surface area contributed by atoms with Gasteiger partial charge in [0.15, 0.2) is 5.82 Å². The predicted octanol–water partition coefficient (Wildman–Crippen LogP) is 3.95. The maximum Gasteiger partial charge on any atom is 0.320 e. The molecule has 1 aromatic carbocycles. The summed E-state index contributed by atoms with van der Waals surface area (Å²) in [6, 6.07) is 5.99. The predicted molar refractivity (Wildman–Crippen MR) is 89.4 cm³/mol. The second kappa shape index (κ2) is 7.97. The topological polar surface area (TPSA) is 59.0 Å². The smallest absolute Gasteiger partial charge is 0.320 e. The molecule has 0 fully saturated rings. The number of urea groups is 1. The molecule has 0 aliphatic rings. The first kappa shape index (κ1) is 17.3. The van der Waals surface area contributed by atoms with Crippen LogP contribution in [0.1, 0.15) is 31.0 Å². The third kappa shape index (κ3) is 4.69. The maximum absolute atomic E-state index is 13.9. The maximum atomic E-state index is 13.9. The Labute approximate surface area is 139 Å². The summed E-state index contributed by atoms with van der Waals surface area (Å²) < 4.78 is 15.5. The largest absolute Gasteiger partial charge is 0.338 e. The summed E-state index contributed by atoms with van der Waals surface area (Å²) in [4.78, 5) is 11.7. The average Bonchev–Trinajstić information content (AvgIpc) is 2.83. The molecule has 0 saturated heterocycles. The van der Waals surface area contributed by atoms with Gasteiger partial charge in [0.05, 0.1) is 6.54 Å². The number of rotatable bonds is 6. The number of hydrogen-bond acceptors (Lipinski definition) is 2. The van der Waals surface area contributed by atoms with Crippen LogP contribution in [0.3, 0.4) is 0 Å². The van der Waals surface area contributed by atoms with Crippen LogP contribution in [-0.4, -0.2) is 22.4 Å². The summed E-state index contributed by atoms with van der Waals surface area (Å²) in [6.07, 6.45) is 1.93. The molecule has 124 valence electrons. The van der Waals surface area contributed by atoms with E-state index in [0.717, 1.165) is 18.5 Å². The number of carbonyl (C=O) groups excluding carboxylic acids is 1. The van der Waals surface area contributed by atoms with Crippen LogP contribution in [0.5, 0.6) is 0 Å². The number of nitrogens with zero attached hydrogens (tertiary/aromatic N) is 2. The van der Waals surface area contributed by atoms with E-state index in [-0.39, 0.29) is 18.4 Å². The number of amides is 2. The molecule has 1 aromatic heterocycles. The molecule has 1 heterocycles. The summed E-state index contributed by atoms with van der Waals surface area (Å²) in [7, 11) is 0. The summed E-state index contributed by atoms with van der Waals surface area (Å²) >= 11 is 6.03. The highest BCUT2D eigenvalue weighted by atomic mass is 35.5. The first-order valence-corrected chi connectivity index (χ1v) is 7.91. The average molecular weight is 339 g/mol. The fourth-order valence-electron chi connectivity index (χ4n) is 2.10. The zero-order valence-corrected chi connectivity index (χ0v) is 14.0. The van der Waals surface area contributed by atoms with Crippen LogP contribution in [0.25, 0.3) is 0 Å². The third-order valence-corrected chi connectivity index (χ3v) is 3.76. The van der Waals surface area contributed by atoms with Crippen molar-refractivity contribution >= 4 is 23.4 Å². The lowest BCUT2D eigenvalue weighted by Gasteiger charge is -2.08. The minimum absolute atomic E-state index is 0.205. The molecule has 0 radical (unpaired) electrons. The molecular formula is C16H20ClFN4O. The van der Waals surface area contributed by atoms with Crippen LogP contribution >= 0.6 is 11.6 Å². The van der Waals surface area contributed by atoms with Gasteiger partial charge in [0.2, 0.25) is 0 Å². The van der Waals surface area contributed by atoms with Gasteiger partial charge in [0.1, 0.15) is 5.82 Å². The molecule has 23 heavy (non-hydrogen) atoms. The van der Waals surface area contributed by atoms with Gasteiger partial charge in [-0.15, -0.1) is 0 Å². The van der Waals surface area contributed by atoms with Gasteiger partial charge in [0, 0.05) is 28.9 Å². The van der Waals surface area contributed by atoms with E-state index < -0.39 is 0 Å². The molecule has 2 amide bonds. The first-order chi connectivity index (χ1) is 11.0. The SMILES string of the molecule is CCCCNC(=O)Nc1cc(C)n(Cc2c(F)cccc2Cl)n1. The Kier molecular flexibility index (Phi) is 5.98. The van der Waals surface area contributed by atoms with E-state index in [1.54, 1.807) is 22.9 Å². The van der Waals surface area contributed by atoms with Gasteiger partial charge in [-0.05, 0) is 25.5 Å². The molecule has 7 heteroatoms. The van der Waals surface area contributed by atoms with Crippen LogP contribution in [0, 0.1) is 12.7 Å². The molecular weight excluding hydrogens is 319 g/mol. The van der Waals surface area contributed by atoms with E-state index in [1.807, 2.05) is 6.92 Å². The van der Waals surface area contributed by atoms with E-state index in [0.29, 0.717) is 22.9 Å². The Morgan fingerprint density at radius 1 is 1.43 bits per heavy atom. The Morgan fingerprint density at radius 2 is 2.22 bits per heavy atom. The highest BCUT2D eigenvalue weighted by Crippen LogP contribution is 2.21. The van der Waals surface area contributed by atoms with Crippen molar-refractivity contribution in [3.63, 3.8) is 0 Å². The zero-order chi connectivity index (χ0) is 16.8. The summed E-state index contributed by atoms with van der Waals surface area (Å²) in [5.74, 6) is 0.0446. The summed E-state index contributed by atoms with van der Waals surface area (Å²) in [5.41, 5.74) is 1.17. The van der Waals surface area contributed by atoms with Gasteiger partial charge in [0.25, 0.3) is 0 Å². The van der Waals surface area contributed by atoms with E-state index in [2.05, 4.69) is 22.7 Å². The van der Waals surface area contributed by atoms with Crippen molar-refractivity contribution < 1.29 is 9.18 Å². The molecule has 0 aliphatic heterocycles. The van der Waals surface area contributed by atoms with Gasteiger partial charge >= 0.3 is 6.03 Å². The quantitative estimate of drug-likeness (QED) is 0.783. The van der Waals surface area contributed by atoms with Crippen molar-refractivity contribution in [2.45, 2.75) is 33.2 Å². The lowest BCUT2D eigenvalue weighted by atomic mass is 10.2. The second-order valence-electron chi connectivity index (χ2n) is 5.26. The Hall–Kier alpha value is -2.08. The fourth-order valence-corrected chi connectivity index (χ4v) is 2.33. The molecule has 0 spiro atoms. The number of nitrogens with one attached hydrogen (secondary N) is 2. The lowest BCUT2D eigenvalue weighted by molar-refractivity contribution is 0.252. The van der Waals surface area contributed by atoms with Crippen molar-refractivity contribution in [2.24, 2.45) is 0 Å². The number of anilines is 1. The Morgan fingerprint density at radius 3 is 2.91 bits per heavy atom. The third-order valence-electron chi connectivity index (χ3n) is 3.41. The first-order valence-electron chi connectivity index (χ1n) is 7.53. The van der Waals surface area contributed by atoms with Gasteiger partial charge in [-0.3, -0.25) is 10.00 Å². The van der Waals surface area contributed by atoms with Gasteiger partial charge in [-0.2, -0.15) is 5.10 Å². The highest BCUT2D eigenvalue weighted by Gasteiger charge is 2.12. The monoisotopic (exact) mass is 338 g/mol. The summed E-state index contributed by atoms with van der Waals surface area (Å²) in [5, 5.41) is 10.0. The number of unbranched alkanes of at least 4 members (excludes halogenated alkanes) is 1. The van der Waals surface area contributed by atoms with Crippen LogP contribution in [0.15, 0.2) is 24.3 Å². The number of carbonyl (C=O) groups is 1. The molecule has 0 aliphatic carbocycles. The minimum Gasteiger partial charge on any atom is -0.338 e. The molecule has 0 saturated carbocycles. The molecule has 0 atom stereocenters. The Balaban J connectivity index is 2.05. The number of benzene rings is 1. The van der Waals surface area contributed by atoms with Crippen molar-refractivity contribution in [2.75, 3.05) is 11.9 Å². The highest BCUT2D eigenvalue weighted by molar-refractivity contribution is 6.31. The van der Waals surface area contributed by atoms with Crippen molar-refractivity contribution in [1.29, 1.82) is 0 Å². The summed E-state index contributed by atoms with van der Waals surface area (Å²) in [6.45, 7) is 4.71. The fraction of sp³-hybridized carbons (Fsp3) is 0.375. The normalized spacial score (nSPS) is 10.6. The van der Waals surface area contributed by atoms with Gasteiger partial charge in [-0.1, -0.05) is 31.0 Å². The molecule has 2 rings (SSSR count). The number of aryl methyl sites for hydroxylation is 1. The van der Waals surface area contributed by atoms with E-state index in [4.69, 9.17) is 11.6 Å². The van der Waals surface area contributed by atoms with Crippen molar-refractivity contribution in [3.05, 3.63) is 46.4 Å². The Bertz CT molecular complexity index is 666. The van der Waals surface area contributed by atoms with E-state index in [9.17, 15) is 9.18 Å². The van der Waals surface area contributed by atoms with Crippen molar-refractivity contribution in [3.8, 4) is 0 Å². The van der Waals surface area contributed by atoms with Gasteiger partial charge < -0.3 is 5.32 Å². The second-order valence-corrected chi connectivity index (χ2v) is 5.67. The van der Waals surface area contributed by atoms with Gasteiger partial charge in [-0.25, -0.2) is 9.18 Å². The van der Waals surface area contributed by atoms with Crippen molar-refractivity contribution in [1.82, 2.24) is 15.1 Å². The zero-order valence-electron chi connectivity index (χ0n) is 13.2. The van der Waals surface area contributed by atoms with Crippen LogP contribution < -0.4 is 10.6 Å². The van der Waals surface area contributed by atoms with Crippen LogP contribution in [0.4, 0.5) is 15.0 Å². The van der Waals surface area contributed by atoms with Crippen LogP contribution in [0.2, 0.25) is 5.02 Å². The van der Waals surface area contributed by atoms with E-state index in [1.165, 1.54) is 6.07 Å². The number of aromatic nitrogens is 2. The van der Waals surface area contributed by atoms with E-state index >= 15 is 0 Å². The van der Waals surface area contributed by atoms with Crippen LogP contribution in [-0.2, 0) is 6.54 Å². The number of hydrogen-bond donors (Lipinski definition) is 2.